The minimum absolute atomic E-state index is 0.780. The van der Waals surface area contributed by atoms with Crippen LogP contribution in [-0.4, -0.2) is 11.6 Å². The van der Waals surface area contributed by atoms with Crippen LogP contribution in [0.4, 0.5) is 0 Å². The second-order valence-electron chi connectivity index (χ2n) is 7.34. The minimum atomic E-state index is 0.780. The van der Waals surface area contributed by atoms with Gasteiger partial charge in [-0.2, -0.15) is 0 Å². The number of benzene rings is 2. The van der Waals surface area contributed by atoms with Crippen LogP contribution in [0.1, 0.15) is 49.8 Å². The summed E-state index contributed by atoms with van der Waals surface area (Å²) in [4.78, 5) is 4.64. The van der Waals surface area contributed by atoms with Gasteiger partial charge in [-0.1, -0.05) is 62.7 Å². The lowest BCUT2D eigenvalue weighted by Gasteiger charge is -2.07. The molecular weight excluding hydrogens is 342 g/mol. The average molecular weight is 374 g/mol. The first-order chi connectivity index (χ1) is 13.8. The fourth-order valence-corrected chi connectivity index (χ4v) is 3.23. The van der Waals surface area contributed by atoms with Gasteiger partial charge in [-0.05, 0) is 67.0 Å². The molecule has 2 heteroatoms. The number of aryl methyl sites for hydroxylation is 3. The number of nitrogens with zero attached hydrogens (tertiary/aromatic N) is 1. The molecule has 146 valence electrons. The Morgan fingerprint density at radius 2 is 1.32 bits per heavy atom. The molecule has 2 aromatic carbocycles. The molecule has 2 nitrogen and oxygen atoms in total. The van der Waals surface area contributed by atoms with Crippen molar-refractivity contribution in [3.63, 3.8) is 0 Å². The van der Waals surface area contributed by atoms with E-state index in [-0.39, 0.29) is 0 Å². The van der Waals surface area contributed by atoms with Crippen molar-refractivity contribution >= 4 is 0 Å². The third-order valence-corrected chi connectivity index (χ3v) is 4.99. The van der Waals surface area contributed by atoms with Crippen molar-refractivity contribution in [1.29, 1.82) is 0 Å². The molecule has 0 aliphatic rings. The molecule has 0 unspecified atom stereocenters. The summed E-state index contributed by atoms with van der Waals surface area (Å²) in [5, 5.41) is 0. The van der Waals surface area contributed by atoms with Gasteiger partial charge in [0.15, 0.2) is 0 Å². The van der Waals surface area contributed by atoms with Crippen LogP contribution >= 0.6 is 0 Å². The van der Waals surface area contributed by atoms with Crippen molar-refractivity contribution in [1.82, 2.24) is 4.98 Å². The minimum Gasteiger partial charge on any atom is -0.494 e. The number of unbranched alkanes of at least 4 members (excludes halogenated alkanes) is 1. The number of ether oxygens (including phenoxy) is 1. The number of hydrogen-bond acceptors (Lipinski definition) is 2. The zero-order valence-electron chi connectivity index (χ0n) is 17.2. The highest BCUT2D eigenvalue weighted by Crippen LogP contribution is 2.20. The monoisotopic (exact) mass is 373 g/mol. The molecule has 0 amide bonds. The third-order valence-electron chi connectivity index (χ3n) is 4.99. The van der Waals surface area contributed by atoms with Gasteiger partial charge in [0.25, 0.3) is 0 Å². The van der Waals surface area contributed by atoms with Gasteiger partial charge in [-0.15, -0.1) is 0 Å². The first-order valence-corrected chi connectivity index (χ1v) is 10.5. The van der Waals surface area contributed by atoms with Crippen LogP contribution in [0.2, 0.25) is 0 Å². The number of hydrogen-bond donors (Lipinski definition) is 0. The van der Waals surface area contributed by atoms with Crippen LogP contribution in [0.3, 0.4) is 0 Å². The summed E-state index contributed by atoms with van der Waals surface area (Å²) in [6.07, 6.45) is 8.71. The van der Waals surface area contributed by atoms with Gasteiger partial charge in [-0.25, -0.2) is 0 Å². The van der Waals surface area contributed by atoms with Crippen LogP contribution < -0.4 is 4.74 Å². The predicted molar refractivity (Wildman–Crippen MR) is 118 cm³/mol. The van der Waals surface area contributed by atoms with Crippen LogP contribution in [0.5, 0.6) is 5.75 Å². The zero-order chi connectivity index (χ0) is 19.6. The fraction of sp³-hybridized carbons (Fsp3) is 0.346. The molecule has 0 radical (unpaired) electrons. The van der Waals surface area contributed by atoms with Gasteiger partial charge < -0.3 is 4.74 Å². The normalized spacial score (nSPS) is 10.8. The number of pyridine rings is 1. The van der Waals surface area contributed by atoms with Crippen molar-refractivity contribution < 1.29 is 4.74 Å². The van der Waals surface area contributed by atoms with Gasteiger partial charge in [0.05, 0.1) is 12.3 Å². The third kappa shape index (κ3) is 5.95. The molecule has 0 atom stereocenters. The zero-order valence-corrected chi connectivity index (χ0v) is 17.2. The van der Waals surface area contributed by atoms with Crippen LogP contribution in [-0.2, 0) is 19.3 Å². The van der Waals surface area contributed by atoms with Crippen molar-refractivity contribution in [3.8, 4) is 17.0 Å². The lowest BCUT2D eigenvalue weighted by Crippen LogP contribution is -1.96. The Morgan fingerprint density at radius 3 is 1.89 bits per heavy atom. The van der Waals surface area contributed by atoms with Crippen molar-refractivity contribution in [2.45, 2.75) is 52.4 Å². The summed E-state index contributed by atoms with van der Waals surface area (Å²) in [5.74, 6) is 0.961. The summed E-state index contributed by atoms with van der Waals surface area (Å²) >= 11 is 0. The Morgan fingerprint density at radius 1 is 0.679 bits per heavy atom. The molecule has 0 bridgehead atoms. The summed E-state index contributed by atoms with van der Waals surface area (Å²) < 4.78 is 5.65. The molecule has 0 saturated heterocycles. The van der Waals surface area contributed by atoms with E-state index in [9.17, 15) is 0 Å². The molecule has 0 saturated carbocycles. The van der Waals surface area contributed by atoms with Crippen molar-refractivity contribution in [2.75, 3.05) is 6.61 Å². The predicted octanol–water partition coefficient (Wildman–Crippen LogP) is 6.67. The Kier molecular flexibility index (Phi) is 7.66. The molecule has 3 aromatic rings. The molecule has 0 N–H and O–H groups in total. The highest BCUT2D eigenvalue weighted by atomic mass is 16.5. The topological polar surface area (TPSA) is 22.1 Å². The number of aromatic nitrogens is 1. The Labute approximate surface area is 169 Å². The maximum absolute atomic E-state index is 5.65. The Hall–Kier alpha value is -2.61. The maximum Gasteiger partial charge on any atom is 0.119 e. The maximum atomic E-state index is 5.65. The molecule has 1 heterocycles. The molecular formula is C26H31NO. The van der Waals surface area contributed by atoms with Crippen LogP contribution in [0.15, 0.2) is 66.9 Å². The van der Waals surface area contributed by atoms with E-state index in [1.54, 1.807) is 0 Å². The number of rotatable bonds is 10. The van der Waals surface area contributed by atoms with Crippen LogP contribution in [0.25, 0.3) is 11.3 Å². The van der Waals surface area contributed by atoms with Gasteiger partial charge in [0.1, 0.15) is 5.75 Å². The fourth-order valence-electron chi connectivity index (χ4n) is 3.23. The van der Waals surface area contributed by atoms with E-state index in [0.29, 0.717) is 0 Å². The summed E-state index contributed by atoms with van der Waals surface area (Å²) in [6.45, 7) is 5.13. The first-order valence-electron chi connectivity index (χ1n) is 10.5. The standard InChI is InChI=1S/C26H31NO/c1-3-5-6-23-13-18-26(27-20-23)24-14-9-21(10-15-24)7-8-22-11-16-25(17-12-22)28-19-4-2/h9-18,20H,3-8,19H2,1-2H3. The van der Waals surface area contributed by atoms with E-state index in [1.165, 1.54) is 35.1 Å². The lowest BCUT2D eigenvalue weighted by molar-refractivity contribution is 0.317. The summed E-state index contributed by atoms with van der Waals surface area (Å²) in [6, 6.07) is 21.7. The van der Waals surface area contributed by atoms with Gasteiger partial charge in [-0.3, -0.25) is 4.98 Å². The lowest BCUT2D eigenvalue weighted by atomic mass is 10.0. The largest absolute Gasteiger partial charge is 0.494 e. The van der Waals surface area contributed by atoms with E-state index in [1.807, 2.05) is 6.20 Å². The molecule has 3 rings (SSSR count). The van der Waals surface area contributed by atoms with E-state index >= 15 is 0 Å². The highest BCUT2D eigenvalue weighted by molar-refractivity contribution is 5.59. The second-order valence-corrected chi connectivity index (χ2v) is 7.34. The highest BCUT2D eigenvalue weighted by Gasteiger charge is 2.02. The van der Waals surface area contributed by atoms with Gasteiger partial charge >= 0.3 is 0 Å². The van der Waals surface area contributed by atoms with Crippen molar-refractivity contribution in [2.24, 2.45) is 0 Å². The molecule has 0 spiro atoms. The summed E-state index contributed by atoms with van der Waals surface area (Å²) in [7, 11) is 0. The van der Waals surface area contributed by atoms with E-state index in [0.717, 1.165) is 43.7 Å². The molecule has 28 heavy (non-hydrogen) atoms. The Bertz CT molecular complexity index is 820. The SMILES string of the molecule is CCCCc1ccc(-c2ccc(CCc3ccc(OCCC)cc3)cc2)nc1. The van der Waals surface area contributed by atoms with Gasteiger partial charge in [0.2, 0.25) is 0 Å². The Balaban J connectivity index is 1.54. The van der Waals surface area contributed by atoms with Crippen molar-refractivity contribution in [3.05, 3.63) is 83.6 Å². The van der Waals surface area contributed by atoms with E-state index < -0.39 is 0 Å². The van der Waals surface area contributed by atoms with Gasteiger partial charge in [0, 0.05) is 11.8 Å². The smallest absolute Gasteiger partial charge is 0.119 e. The molecule has 0 fully saturated rings. The molecule has 0 aliphatic carbocycles. The average Bonchev–Trinajstić information content (AvgIpc) is 2.76. The van der Waals surface area contributed by atoms with Crippen LogP contribution in [0, 0.1) is 0 Å². The van der Waals surface area contributed by atoms with E-state index in [4.69, 9.17) is 4.74 Å². The quantitative estimate of drug-likeness (QED) is 0.396. The molecule has 0 aliphatic heterocycles. The molecule has 1 aromatic heterocycles. The first kappa shape index (κ1) is 20.1. The van der Waals surface area contributed by atoms with E-state index in [2.05, 4.69) is 79.5 Å². The second kappa shape index (κ2) is 10.7. The summed E-state index contributed by atoms with van der Waals surface area (Å²) in [5.41, 5.74) is 6.26.